The van der Waals surface area contributed by atoms with E-state index in [9.17, 15) is 0 Å². The van der Waals surface area contributed by atoms with Crippen molar-refractivity contribution in [2.45, 2.75) is 6.92 Å². The molecule has 0 radical (unpaired) electrons. The van der Waals surface area contributed by atoms with Gasteiger partial charge in [-0.2, -0.15) is 0 Å². The van der Waals surface area contributed by atoms with E-state index < -0.39 is 0 Å². The molecular formula is C49H33N. The van der Waals surface area contributed by atoms with Crippen molar-refractivity contribution in [1.82, 2.24) is 0 Å². The first-order valence-corrected chi connectivity index (χ1v) is 17.3. The standard InChI is InChI=1S/C49H33N/c1-32-21-24-38(25-22-32)50(37-17-9-4-10-18-37)39-26-23-35-28-42-43(29-36(35)27-39)45-31-47-46(30-44(42)45)48(33-13-5-2-6-14-33)40-19-11-12-20-41(40)49(47)34-15-7-3-8-16-34/h2-31H,1H3. The highest BCUT2D eigenvalue weighted by Gasteiger charge is 2.27. The average Bonchev–Trinajstić information content (AvgIpc) is 3.17. The number of hydrogen-bond acceptors (Lipinski definition) is 1. The summed E-state index contributed by atoms with van der Waals surface area (Å²) in [5.41, 5.74) is 15.1. The summed E-state index contributed by atoms with van der Waals surface area (Å²) in [5.74, 6) is 0. The summed E-state index contributed by atoms with van der Waals surface area (Å²) in [7, 11) is 0. The van der Waals surface area contributed by atoms with Crippen LogP contribution in [0.1, 0.15) is 5.56 Å². The van der Waals surface area contributed by atoms with Gasteiger partial charge < -0.3 is 4.90 Å². The molecule has 0 amide bonds. The third-order valence-electron chi connectivity index (χ3n) is 10.4. The molecular weight excluding hydrogens is 603 g/mol. The Morgan fingerprint density at radius 3 is 1.32 bits per heavy atom. The van der Waals surface area contributed by atoms with E-state index in [2.05, 4.69) is 194 Å². The van der Waals surface area contributed by atoms with Crippen molar-refractivity contribution >= 4 is 49.4 Å². The Hall–Kier alpha value is -6.44. The highest BCUT2D eigenvalue weighted by Crippen LogP contribution is 2.54. The van der Waals surface area contributed by atoms with Crippen molar-refractivity contribution < 1.29 is 0 Å². The molecule has 0 fully saturated rings. The third-order valence-corrected chi connectivity index (χ3v) is 10.4. The van der Waals surface area contributed by atoms with Crippen LogP contribution in [0.3, 0.4) is 0 Å². The number of fused-ring (bicyclic) bond motifs is 7. The van der Waals surface area contributed by atoms with Crippen LogP contribution in [0.15, 0.2) is 182 Å². The Morgan fingerprint density at radius 2 is 0.760 bits per heavy atom. The first kappa shape index (κ1) is 28.6. The van der Waals surface area contributed by atoms with Crippen LogP contribution in [0, 0.1) is 6.92 Å². The molecule has 0 saturated carbocycles. The van der Waals surface area contributed by atoms with Gasteiger partial charge in [0.15, 0.2) is 0 Å². The molecule has 0 saturated heterocycles. The van der Waals surface area contributed by atoms with Crippen molar-refractivity contribution in [1.29, 1.82) is 0 Å². The Labute approximate surface area is 292 Å². The van der Waals surface area contributed by atoms with E-state index >= 15 is 0 Å². The van der Waals surface area contributed by atoms with Gasteiger partial charge in [0, 0.05) is 17.1 Å². The molecule has 1 heteroatoms. The molecule has 0 spiro atoms. The molecule has 0 atom stereocenters. The average molecular weight is 636 g/mol. The number of anilines is 3. The number of rotatable bonds is 5. The van der Waals surface area contributed by atoms with Gasteiger partial charge in [-0.25, -0.2) is 0 Å². The normalized spacial score (nSPS) is 11.7. The van der Waals surface area contributed by atoms with Crippen molar-refractivity contribution in [2.24, 2.45) is 0 Å². The maximum atomic E-state index is 2.46. The summed E-state index contributed by atoms with van der Waals surface area (Å²) < 4.78 is 0. The van der Waals surface area contributed by atoms with Gasteiger partial charge in [-0.05, 0) is 144 Å². The van der Waals surface area contributed by atoms with Crippen LogP contribution in [0.4, 0.5) is 17.1 Å². The summed E-state index contributed by atoms with van der Waals surface area (Å²) in [6.07, 6.45) is 0. The Bertz CT molecular complexity index is 2730. The van der Waals surface area contributed by atoms with Gasteiger partial charge in [0.05, 0.1) is 0 Å². The second-order valence-electron chi connectivity index (χ2n) is 13.4. The molecule has 0 N–H and O–H groups in total. The SMILES string of the molecule is Cc1ccc(N(c2ccccc2)c2ccc3cc4c(cc3c2)-c2cc3c(-c5ccccc5)c5ccccc5c(-c5ccccc5)c3cc2-4)cc1. The summed E-state index contributed by atoms with van der Waals surface area (Å²) in [6.45, 7) is 2.14. The lowest BCUT2D eigenvalue weighted by molar-refractivity contribution is 1.28. The van der Waals surface area contributed by atoms with Gasteiger partial charge in [0.25, 0.3) is 0 Å². The minimum atomic E-state index is 1.14. The summed E-state index contributed by atoms with van der Waals surface area (Å²) in [5, 5.41) is 7.65. The number of benzene rings is 9. The lowest BCUT2D eigenvalue weighted by Crippen LogP contribution is -2.09. The van der Waals surface area contributed by atoms with Crippen molar-refractivity contribution in [3.8, 4) is 44.5 Å². The zero-order valence-electron chi connectivity index (χ0n) is 27.8. The van der Waals surface area contributed by atoms with Gasteiger partial charge >= 0.3 is 0 Å². The zero-order chi connectivity index (χ0) is 33.2. The van der Waals surface area contributed by atoms with Crippen molar-refractivity contribution in [3.63, 3.8) is 0 Å². The zero-order valence-corrected chi connectivity index (χ0v) is 27.8. The van der Waals surface area contributed by atoms with Crippen LogP contribution in [0.2, 0.25) is 0 Å². The number of para-hydroxylation sites is 1. The molecule has 1 aliphatic rings. The second-order valence-corrected chi connectivity index (χ2v) is 13.4. The first-order chi connectivity index (χ1) is 24.7. The second kappa shape index (κ2) is 11.3. The van der Waals surface area contributed by atoms with E-state index in [1.165, 1.54) is 82.4 Å². The molecule has 9 aromatic carbocycles. The van der Waals surface area contributed by atoms with E-state index in [4.69, 9.17) is 0 Å². The van der Waals surface area contributed by atoms with Gasteiger partial charge in [0.2, 0.25) is 0 Å². The third kappa shape index (κ3) is 4.48. The number of aryl methyl sites for hydroxylation is 1. The summed E-state index contributed by atoms with van der Waals surface area (Å²) in [6, 6.07) is 66.8. The molecule has 50 heavy (non-hydrogen) atoms. The molecule has 234 valence electrons. The van der Waals surface area contributed by atoms with Crippen LogP contribution in [-0.2, 0) is 0 Å². The number of nitrogens with zero attached hydrogens (tertiary/aromatic N) is 1. The van der Waals surface area contributed by atoms with Gasteiger partial charge in [-0.1, -0.05) is 127 Å². The van der Waals surface area contributed by atoms with E-state index in [1.807, 2.05) is 0 Å². The maximum Gasteiger partial charge on any atom is 0.0468 e. The molecule has 9 aromatic rings. The molecule has 0 bridgehead atoms. The largest absolute Gasteiger partial charge is 0.310 e. The molecule has 0 heterocycles. The molecule has 0 unspecified atom stereocenters. The van der Waals surface area contributed by atoms with Crippen LogP contribution in [0.25, 0.3) is 76.8 Å². The Kier molecular flexibility index (Phi) is 6.47. The summed E-state index contributed by atoms with van der Waals surface area (Å²) >= 11 is 0. The van der Waals surface area contributed by atoms with Gasteiger partial charge in [-0.15, -0.1) is 0 Å². The van der Waals surface area contributed by atoms with Crippen LogP contribution in [-0.4, -0.2) is 0 Å². The van der Waals surface area contributed by atoms with Crippen LogP contribution < -0.4 is 4.90 Å². The fourth-order valence-electron chi connectivity index (χ4n) is 8.03. The van der Waals surface area contributed by atoms with Gasteiger partial charge in [0.1, 0.15) is 0 Å². The van der Waals surface area contributed by atoms with Crippen molar-refractivity contribution in [2.75, 3.05) is 4.90 Å². The van der Waals surface area contributed by atoms with E-state index in [1.54, 1.807) is 0 Å². The van der Waals surface area contributed by atoms with E-state index in [0.29, 0.717) is 0 Å². The minimum absolute atomic E-state index is 1.14. The smallest absolute Gasteiger partial charge is 0.0468 e. The first-order valence-electron chi connectivity index (χ1n) is 17.3. The molecule has 1 aliphatic carbocycles. The Balaban J connectivity index is 1.19. The van der Waals surface area contributed by atoms with E-state index in [-0.39, 0.29) is 0 Å². The van der Waals surface area contributed by atoms with Gasteiger partial charge in [-0.3, -0.25) is 0 Å². The van der Waals surface area contributed by atoms with E-state index in [0.717, 1.165) is 17.1 Å². The maximum absolute atomic E-state index is 2.46. The molecule has 10 rings (SSSR count). The highest BCUT2D eigenvalue weighted by molar-refractivity contribution is 6.24. The predicted molar refractivity (Wildman–Crippen MR) is 214 cm³/mol. The predicted octanol–water partition coefficient (Wildman–Crippen LogP) is 13.9. The lowest BCUT2D eigenvalue weighted by atomic mass is 9.75. The van der Waals surface area contributed by atoms with Crippen LogP contribution >= 0.6 is 0 Å². The molecule has 1 nitrogen and oxygen atoms in total. The quantitative estimate of drug-likeness (QED) is 0.170. The fraction of sp³-hybridized carbons (Fsp3) is 0.0204. The van der Waals surface area contributed by atoms with Crippen LogP contribution in [0.5, 0.6) is 0 Å². The Morgan fingerprint density at radius 1 is 0.320 bits per heavy atom. The monoisotopic (exact) mass is 635 g/mol. The van der Waals surface area contributed by atoms with Crippen molar-refractivity contribution in [3.05, 3.63) is 188 Å². The number of hydrogen-bond donors (Lipinski definition) is 0. The highest BCUT2D eigenvalue weighted by atomic mass is 15.1. The summed E-state index contributed by atoms with van der Waals surface area (Å²) in [4.78, 5) is 2.35. The fourth-order valence-corrected chi connectivity index (χ4v) is 8.03. The minimum Gasteiger partial charge on any atom is -0.310 e. The molecule has 0 aromatic heterocycles. The molecule has 0 aliphatic heterocycles. The topological polar surface area (TPSA) is 3.24 Å². The lowest BCUT2D eigenvalue weighted by Gasteiger charge is -2.29.